The summed E-state index contributed by atoms with van der Waals surface area (Å²) in [6.45, 7) is 2.32. The Bertz CT molecular complexity index is 1280. The van der Waals surface area contributed by atoms with Crippen LogP contribution in [0.3, 0.4) is 0 Å². The van der Waals surface area contributed by atoms with E-state index in [0.29, 0.717) is 37.6 Å². The zero-order valence-corrected chi connectivity index (χ0v) is 18.1. The van der Waals surface area contributed by atoms with Crippen LogP contribution in [0.1, 0.15) is 16.1 Å². The molecule has 7 heteroatoms. The zero-order valence-electron chi connectivity index (χ0n) is 18.1. The van der Waals surface area contributed by atoms with Crippen LogP contribution in [0, 0.1) is 0 Å². The molecule has 0 atom stereocenters. The first-order valence-electron chi connectivity index (χ1n) is 11.0. The minimum absolute atomic E-state index is 0.0181. The highest BCUT2D eigenvalue weighted by Gasteiger charge is 2.19. The van der Waals surface area contributed by atoms with Gasteiger partial charge in [0.25, 0.3) is 5.91 Å². The van der Waals surface area contributed by atoms with Crippen molar-refractivity contribution in [2.45, 2.75) is 6.42 Å². The second-order valence-electron chi connectivity index (χ2n) is 7.96. The number of anilines is 1. The molecule has 0 spiro atoms. The number of hydrogen-bond donors (Lipinski definition) is 1. The molecule has 4 aromatic rings. The van der Waals surface area contributed by atoms with E-state index in [-0.39, 0.29) is 18.2 Å². The number of imidazole rings is 1. The van der Waals surface area contributed by atoms with Crippen LogP contribution in [-0.4, -0.2) is 52.4 Å². The number of hydrogen-bond acceptors (Lipinski definition) is 4. The highest BCUT2D eigenvalue weighted by atomic mass is 16.5. The fourth-order valence-electron chi connectivity index (χ4n) is 4.11. The van der Waals surface area contributed by atoms with Gasteiger partial charge in [-0.25, -0.2) is 4.98 Å². The van der Waals surface area contributed by atoms with Crippen molar-refractivity contribution in [3.63, 3.8) is 0 Å². The van der Waals surface area contributed by atoms with Crippen LogP contribution in [-0.2, 0) is 16.0 Å². The smallest absolute Gasteiger partial charge is 0.254 e. The maximum Gasteiger partial charge on any atom is 0.254 e. The predicted octanol–water partition coefficient (Wildman–Crippen LogP) is 3.65. The summed E-state index contributed by atoms with van der Waals surface area (Å²) in [6, 6.07) is 21.1. The Balaban J connectivity index is 1.33. The molecule has 1 fully saturated rings. The summed E-state index contributed by atoms with van der Waals surface area (Å²) in [5.74, 6) is -0.156. The van der Waals surface area contributed by atoms with Gasteiger partial charge in [0.2, 0.25) is 5.91 Å². The number of fused-ring (bicyclic) bond motifs is 1. The molecule has 1 aliphatic heterocycles. The molecule has 7 nitrogen and oxygen atoms in total. The van der Waals surface area contributed by atoms with Gasteiger partial charge in [0.05, 0.1) is 37.7 Å². The molecule has 0 bridgehead atoms. The van der Waals surface area contributed by atoms with Gasteiger partial charge in [0.1, 0.15) is 0 Å². The number of nitrogens with zero attached hydrogens (tertiary/aromatic N) is 3. The highest BCUT2D eigenvalue weighted by Crippen LogP contribution is 2.26. The lowest BCUT2D eigenvalue weighted by Gasteiger charge is -2.26. The predicted molar refractivity (Wildman–Crippen MR) is 126 cm³/mol. The molecule has 1 aliphatic rings. The Morgan fingerprint density at radius 1 is 0.939 bits per heavy atom. The quantitative estimate of drug-likeness (QED) is 0.514. The minimum atomic E-state index is -0.138. The van der Waals surface area contributed by atoms with Crippen molar-refractivity contribution >= 4 is 23.0 Å². The largest absolute Gasteiger partial charge is 0.378 e. The van der Waals surface area contributed by atoms with Crippen molar-refractivity contribution in [1.29, 1.82) is 0 Å². The van der Waals surface area contributed by atoms with Gasteiger partial charge in [-0.2, -0.15) is 0 Å². The van der Waals surface area contributed by atoms with Crippen molar-refractivity contribution in [2.75, 3.05) is 31.6 Å². The molecule has 0 radical (unpaired) electrons. The number of aromatic nitrogens is 2. The highest BCUT2D eigenvalue weighted by molar-refractivity contribution is 5.96. The number of pyridine rings is 1. The molecular weight excluding hydrogens is 416 g/mol. The van der Waals surface area contributed by atoms with Gasteiger partial charge in [-0.1, -0.05) is 36.4 Å². The van der Waals surface area contributed by atoms with E-state index in [9.17, 15) is 9.59 Å². The van der Waals surface area contributed by atoms with E-state index in [1.165, 1.54) is 0 Å². The first-order chi connectivity index (χ1) is 16.2. The number of nitrogens with one attached hydrogen (secondary N) is 1. The van der Waals surface area contributed by atoms with Gasteiger partial charge in [0, 0.05) is 35.6 Å². The molecule has 2 amide bonds. The number of ether oxygens (including phenoxy) is 1. The van der Waals surface area contributed by atoms with E-state index in [4.69, 9.17) is 4.74 Å². The Morgan fingerprint density at radius 2 is 1.70 bits per heavy atom. The summed E-state index contributed by atoms with van der Waals surface area (Å²) in [6.07, 6.45) is 3.70. The summed E-state index contributed by atoms with van der Waals surface area (Å²) in [7, 11) is 0. The van der Waals surface area contributed by atoms with E-state index in [1.807, 2.05) is 46.9 Å². The van der Waals surface area contributed by atoms with E-state index >= 15 is 0 Å². The Kier molecular flexibility index (Phi) is 5.87. The summed E-state index contributed by atoms with van der Waals surface area (Å²) >= 11 is 0. The van der Waals surface area contributed by atoms with E-state index in [2.05, 4.69) is 10.3 Å². The third-order valence-corrected chi connectivity index (χ3v) is 5.82. The van der Waals surface area contributed by atoms with Gasteiger partial charge in [-0.05, 0) is 35.9 Å². The van der Waals surface area contributed by atoms with E-state index in [0.717, 1.165) is 22.3 Å². The molecule has 0 aliphatic carbocycles. The van der Waals surface area contributed by atoms with Crippen LogP contribution < -0.4 is 5.32 Å². The van der Waals surface area contributed by atoms with Crippen LogP contribution in [0.5, 0.6) is 0 Å². The van der Waals surface area contributed by atoms with Crippen molar-refractivity contribution in [2.24, 2.45) is 0 Å². The standard InChI is InChI=1S/C26H24N4O3/c31-25(28-21-8-6-20(7-9-21)26(32)29-12-14-33-15-13-29)16-24-23(19-4-2-1-3-5-19)11-10-22-17-27-18-30(22)24/h1-11,17-18H,12-16H2,(H,28,31). The average Bonchev–Trinajstić information content (AvgIpc) is 3.35. The average molecular weight is 441 g/mol. The molecule has 5 rings (SSSR count). The molecule has 1 saturated heterocycles. The van der Waals surface area contributed by atoms with Crippen LogP contribution in [0.4, 0.5) is 5.69 Å². The fourth-order valence-corrected chi connectivity index (χ4v) is 4.11. The van der Waals surface area contributed by atoms with Crippen molar-refractivity contribution in [1.82, 2.24) is 14.3 Å². The lowest BCUT2D eigenvalue weighted by Crippen LogP contribution is -2.40. The topological polar surface area (TPSA) is 75.9 Å². The summed E-state index contributed by atoms with van der Waals surface area (Å²) in [5.41, 5.74) is 5.09. The third-order valence-electron chi connectivity index (χ3n) is 5.82. The van der Waals surface area contributed by atoms with Crippen molar-refractivity contribution in [3.05, 3.63) is 90.5 Å². The molecule has 0 unspecified atom stereocenters. The molecule has 3 heterocycles. The molecule has 33 heavy (non-hydrogen) atoms. The molecule has 1 N–H and O–H groups in total. The van der Waals surface area contributed by atoms with E-state index < -0.39 is 0 Å². The molecule has 2 aromatic heterocycles. The van der Waals surface area contributed by atoms with Crippen LogP contribution in [0.25, 0.3) is 16.6 Å². The second kappa shape index (κ2) is 9.26. The molecule has 0 saturated carbocycles. The van der Waals surface area contributed by atoms with Gasteiger partial charge in [-0.3, -0.25) is 9.59 Å². The van der Waals surface area contributed by atoms with Crippen molar-refractivity contribution < 1.29 is 14.3 Å². The van der Waals surface area contributed by atoms with Gasteiger partial charge >= 0.3 is 0 Å². The maximum atomic E-state index is 13.0. The summed E-state index contributed by atoms with van der Waals surface area (Å²) in [4.78, 5) is 31.6. The first-order valence-corrected chi connectivity index (χ1v) is 11.0. The number of amides is 2. The van der Waals surface area contributed by atoms with Crippen LogP contribution >= 0.6 is 0 Å². The lowest BCUT2D eigenvalue weighted by molar-refractivity contribution is -0.115. The normalized spacial score (nSPS) is 13.8. The third kappa shape index (κ3) is 4.49. The van der Waals surface area contributed by atoms with Gasteiger partial charge in [-0.15, -0.1) is 0 Å². The monoisotopic (exact) mass is 440 g/mol. The maximum absolute atomic E-state index is 13.0. The molecule has 166 valence electrons. The second-order valence-corrected chi connectivity index (χ2v) is 7.96. The Hall–Kier alpha value is -3.97. The number of carbonyl (C=O) groups excluding carboxylic acids is 2. The molecule has 2 aromatic carbocycles. The summed E-state index contributed by atoms with van der Waals surface area (Å²) < 4.78 is 7.26. The number of morpholine rings is 1. The minimum Gasteiger partial charge on any atom is -0.378 e. The number of carbonyl (C=O) groups is 2. The van der Waals surface area contributed by atoms with Crippen molar-refractivity contribution in [3.8, 4) is 11.1 Å². The SMILES string of the molecule is O=C(Cc1c(-c2ccccc2)ccc2cncn12)Nc1ccc(C(=O)N2CCOCC2)cc1. The van der Waals surface area contributed by atoms with Gasteiger partial charge in [0.15, 0.2) is 0 Å². The lowest BCUT2D eigenvalue weighted by atomic mass is 10.0. The zero-order chi connectivity index (χ0) is 22.6. The first kappa shape index (κ1) is 20.9. The molecular formula is C26H24N4O3. The van der Waals surface area contributed by atoms with Gasteiger partial charge < -0.3 is 19.4 Å². The number of benzene rings is 2. The summed E-state index contributed by atoms with van der Waals surface area (Å²) in [5, 5.41) is 2.95. The van der Waals surface area contributed by atoms with Crippen LogP contribution in [0.15, 0.2) is 79.3 Å². The van der Waals surface area contributed by atoms with Crippen LogP contribution in [0.2, 0.25) is 0 Å². The fraction of sp³-hybridized carbons (Fsp3) is 0.192. The Morgan fingerprint density at radius 3 is 2.45 bits per heavy atom. The number of rotatable bonds is 5. The Labute approximate surface area is 191 Å². The van der Waals surface area contributed by atoms with E-state index in [1.54, 1.807) is 41.7 Å².